The minimum absolute atomic E-state index is 0.0662. The lowest BCUT2D eigenvalue weighted by Crippen LogP contribution is -2.58. The fraction of sp³-hybridized carbons (Fsp3) is 0.391. The molecule has 1 aliphatic heterocycles. The molecule has 1 fully saturated rings. The SMILES string of the molecule is CCS(=O)(=O)c1ccc(-c2ccc(CC(C#N)NC(=O)C3(N)CCOCC3)cc2)cc1. The summed E-state index contributed by atoms with van der Waals surface area (Å²) >= 11 is 0. The summed E-state index contributed by atoms with van der Waals surface area (Å²) in [6, 6.07) is 15.9. The summed E-state index contributed by atoms with van der Waals surface area (Å²) < 4.78 is 29.2. The van der Waals surface area contributed by atoms with Crippen LogP contribution in [0.4, 0.5) is 0 Å². The Morgan fingerprint density at radius 1 is 1.13 bits per heavy atom. The molecule has 0 spiro atoms. The van der Waals surface area contributed by atoms with E-state index in [4.69, 9.17) is 10.5 Å². The number of nitrogens with two attached hydrogens (primary N) is 1. The van der Waals surface area contributed by atoms with Crippen molar-refractivity contribution in [3.8, 4) is 17.2 Å². The van der Waals surface area contributed by atoms with Gasteiger partial charge in [-0.1, -0.05) is 43.3 Å². The lowest BCUT2D eigenvalue weighted by atomic mass is 9.90. The first-order chi connectivity index (χ1) is 14.8. The number of carbonyl (C=O) groups is 1. The molecule has 1 amide bonds. The van der Waals surface area contributed by atoms with Crippen LogP contribution in [-0.4, -0.2) is 44.9 Å². The van der Waals surface area contributed by atoms with Gasteiger partial charge in [0.25, 0.3) is 0 Å². The van der Waals surface area contributed by atoms with E-state index >= 15 is 0 Å². The number of benzene rings is 2. The quantitative estimate of drug-likeness (QED) is 0.679. The van der Waals surface area contributed by atoms with Crippen LogP contribution in [-0.2, 0) is 25.8 Å². The van der Waals surface area contributed by atoms with Crippen LogP contribution in [0, 0.1) is 11.3 Å². The number of nitriles is 1. The number of nitrogens with zero attached hydrogens (tertiary/aromatic N) is 1. The standard InChI is InChI=1S/C23H27N3O4S/c1-2-31(28,29)21-9-7-19(8-10-21)18-5-3-17(4-6-18)15-20(16-24)26-22(27)23(25)11-13-30-14-12-23/h3-10,20H,2,11-15,25H2,1H3,(H,26,27). The predicted molar refractivity (Wildman–Crippen MR) is 118 cm³/mol. The molecule has 3 rings (SSSR count). The Hall–Kier alpha value is -2.73. The molecule has 2 aromatic carbocycles. The van der Waals surface area contributed by atoms with E-state index in [0.29, 0.717) is 37.4 Å². The van der Waals surface area contributed by atoms with E-state index in [0.717, 1.165) is 16.7 Å². The van der Waals surface area contributed by atoms with Gasteiger partial charge in [-0.3, -0.25) is 4.79 Å². The second-order valence-corrected chi connectivity index (χ2v) is 10.0. The maximum atomic E-state index is 12.6. The summed E-state index contributed by atoms with van der Waals surface area (Å²) in [6.07, 6.45) is 1.23. The average molecular weight is 442 g/mol. The molecule has 0 saturated carbocycles. The van der Waals surface area contributed by atoms with Crippen molar-refractivity contribution < 1.29 is 17.9 Å². The fourth-order valence-corrected chi connectivity index (χ4v) is 4.37. The van der Waals surface area contributed by atoms with Gasteiger partial charge < -0.3 is 15.8 Å². The molecule has 7 nitrogen and oxygen atoms in total. The van der Waals surface area contributed by atoms with Gasteiger partial charge in [-0.2, -0.15) is 5.26 Å². The molecular formula is C23H27N3O4S. The molecule has 1 atom stereocenters. The van der Waals surface area contributed by atoms with E-state index in [-0.39, 0.29) is 11.7 Å². The van der Waals surface area contributed by atoms with E-state index in [1.807, 2.05) is 24.3 Å². The first-order valence-corrected chi connectivity index (χ1v) is 11.9. The molecule has 0 aromatic heterocycles. The van der Waals surface area contributed by atoms with Gasteiger partial charge in [-0.05, 0) is 41.7 Å². The summed E-state index contributed by atoms with van der Waals surface area (Å²) in [5.74, 6) is -0.252. The van der Waals surface area contributed by atoms with Crippen LogP contribution in [0.3, 0.4) is 0 Å². The van der Waals surface area contributed by atoms with Crippen LogP contribution in [0.25, 0.3) is 11.1 Å². The molecule has 2 aromatic rings. The number of hydrogen-bond donors (Lipinski definition) is 2. The summed E-state index contributed by atoms with van der Waals surface area (Å²) in [5, 5.41) is 12.2. The second kappa shape index (κ2) is 9.60. The third-order valence-corrected chi connectivity index (χ3v) is 7.37. The largest absolute Gasteiger partial charge is 0.381 e. The van der Waals surface area contributed by atoms with Gasteiger partial charge in [0, 0.05) is 19.6 Å². The Kier molecular flexibility index (Phi) is 7.11. The van der Waals surface area contributed by atoms with Crippen LogP contribution in [0.5, 0.6) is 0 Å². The zero-order valence-electron chi connectivity index (χ0n) is 17.5. The van der Waals surface area contributed by atoms with Crippen LogP contribution < -0.4 is 11.1 Å². The molecule has 1 heterocycles. The van der Waals surface area contributed by atoms with Gasteiger partial charge in [0.1, 0.15) is 6.04 Å². The Balaban J connectivity index is 1.65. The van der Waals surface area contributed by atoms with Gasteiger partial charge in [-0.15, -0.1) is 0 Å². The van der Waals surface area contributed by atoms with Crippen LogP contribution in [0.1, 0.15) is 25.3 Å². The van der Waals surface area contributed by atoms with Crippen molar-refractivity contribution in [1.82, 2.24) is 5.32 Å². The number of amides is 1. The van der Waals surface area contributed by atoms with Crippen LogP contribution >= 0.6 is 0 Å². The van der Waals surface area contributed by atoms with Gasteiger partial charge >= 0.3 is 0 Å². The lowest BCUT2D eigenvalue weighted by Gasteiger charge is -2.32. The Bertz CT molecular complexity index is 1050. The maximum absolute atomic E-state index is 12.6. The Morgan fingerprint density at radius 2 is 1.68 bits per heavy atom. The van der Waals surface area contributed by atoms with Crippen LogP contribution in [0.2, 0.25) is 0 Å². The van der Waals surface area contributed by atoms with Crippen molar-refractivity contribution in [3.05, 3.63) is 54.1 Å². The highest BCUT2D eigenvalue weighted by Crippen LogP contribution is 2.23. The van der Waals surface area contributed by atoms with Gasteiger partial charge in [0.2, 0.25) is 5.91 Å². The number of carbonyl (C=O) groups excluding carboxylic acids is 1. The van der Waals surface area contributed by atoms with Crippen molar-refractivity contribution in [1.29, 1.82) is 5.26 Å². The van der Waals surface area contributed by atoms with E-state index < -0.39 is 21.4 Å². The zero-order valence-corrected chi connectivity index (χ0v) is 18.3. The number of rotatable bonds is 7. The Labute approximate surface area is 183 Å². The molecule has 1 saturated heterocycles. The summed E-state index contributed by atoms with van der Waals surface area (Å²) in [5.41, 5.74) is 7.94. The number of ether oxygens (including phenoxy) is 1. The lowest BCUT2D eigenvalue weighted by molar-refractivity contribution is -0.130. The van der Waals surface area contributed by atoms with E-state index in [2.05, 4.69) is 11.4 Å². The topological polar surface area (TPSA) is 122 Å². The smallest absolute Gasteiger partial charge is 0.241 e. The van der Waals surface area contributed by atoms with Crippen molar-refractivity contribution in [2.75, 3.05) is 19.0 Å². The maximum Gasteiger partial charge on any atom is 0.241 e. The van der Waals surface area contributed by atoms with Gasteiger partial charge in [0.15, 0.2) is 9.84 Å². The monoisotopic (exact) mass is 441 g/mol. The minimum Gasteiger partial charge on any atom is -0.381 e. The molecule has 1 aliphatic rings. The molecule has 0 aliphatic carbocycles. The summed E-state index contributed by atoms with van der Waals surface area (Å²) in [7, 11) is -3.22. The van der Waals surface area contributed by atoms with E-state index in [1.54, 1.807) is 31.2 Å². The summed E-state index contributed by atoms with van der Waals surface area (Å²) in [4.78, 5) is 12.9. The highest BCUT2D eigenvalue weighted by Gasteiger charge is 2.36. The predicted octanol–water partition coefficient (Wildman–Crippen LogP) is 2.21. The third-order valence-electron chi connectivity index (χ3n) is 5.62. The second-order valence-electron chi connectivity index (χ2n) is 7.75. The molecule has 31 heavy (non-hydrogen) atoms. The summed E-state index contributed by atoms with van der Waals surface area (Å²) in [6.45, 7) is 2.50. The number of nitrogens with one attached hydrogen (secondary N) is 1. The average Bonchev–Trinajstić information content (AvgIpc) is 2.79. The third kappa shape index (κ3) is 5.50. The molecule has 0 bridgehead atoms. The minimum atomic E-state index is -3.22. The highest BCUT2D eigenvalue weighted by molar-refractivity contribution is 7.91. The van der Waals surface area contributed by atoms with Gasteiger partial charge in [-0.25, -0.2) is 8.42 Å². The number of sulfone groups is 1. The van der Waals surface area contributed by atoms with E-state index in [1.165, 1.54) is 0 Å². The molecular weight excluding hydrogens is 414 g/mol. The van der Waals surface area contributed by atoms with Crippen LogP contribution in [0.15, 0.2) is 53.4 Å². The molecule has 8 heteroatoms. The normalized spacial score (nSPS) is 16.8. The zero-order chi connectivity index (χ0) is 22.5. The van der Waals surface area contributed by atoms with E-state index in [9.17, 15) is 18.5 Å². The van der Waals surface area contributed by atoms with Gasteiger partial charge in [0.05, 0.1) is 22.3 Å². The first kappa shape index (κ1) is 22.9. The molecule has 3 N–H and O–H groups in total. The first-order valence-electron chi connectivity index (χ1n) is 10.3. The molecule has 164 valence electrons. The van der Waals surface area contributed by atoms with Crippen molar-refractivity contribution in [2.24, 2.45) is 5.73 Å². The Morgan fingerprint density at radius 3 is 2.19 bits per heavy atom. The van der Waals surface area contributed by atoms with Crippen molar-refractivity contribution in [2.45, 2.75) is 42.7 Å². The van der Waals surface area contributed by atoms with Crippen molar-refractivity contribution >= 4 is 15.7 Å². The van der Waals surface area contributed by atoms with Crippen molar-refractivity contribution in [3.63, 3.8) is 0 Å². The fourth-order valence-electron chi connectivity index (χ4n) is 3.48. The molecule has 0 radical (unpaired) electrons. The number of hydrogen-bond acceptors (Lipinski definition) is 6. The highest BCUT2D eigenvalue weighted by atomic mass is 32.2. The molecule has 1 unspecified atom stereocenters.